The molecule has 0 atom stereocenters. The van der Waals surface area contributed by atoms with Crippen molar-refractivity contribution in [2.24, 2.45) is 5.16 Å². The Labute approximate surface area is 97.3 Å². The molecule has 78 valence electrons. The molecule has 1 aromatic rings. The third-order valence-electron chi connectivity index (χ3n) is 1.47. The highest BCUT2D eigenvalue weighted by Crippen LogP contribution is 2.29. The zero-order valence-corrected chi connectivity index (χ0v) is 9.09. The van der Waals surface area contributed by atoms with E-state index in [4.69, 9.17) is 29.6 Å². The smallest absolute Gasteiger partial charge is 0.177 e. The van der Waals surface area contributed by atoms with Gasteiger partial charge in [0.25, 0.3) is 0 Å². The summed E-state index contributed by atoms with van der Waals surface area (Å²) in [6, 6.07) is 2.93. The lowest BCUT2D eigenvalue weighted by molar-refractivity contribution is 0.181. The van der Waals surface area contributed by atoms with Crippen molar-refractivity contribution in [1.82, 2.24) is 0 Å². The Hall–Kier alpha value is -1.37. The Kier molecular flexibility index (Phi) is 4.29. The molecule has 5 heteroatoms. The summed E-state index contributed by atoms with van der Waals surface area (Å²) in [5.41, 5.74) is 0.365. The number of phenolic OH excluding ortho intramolecular Hbond substituents is 1. The molecule has 0 unspecified atom stereocenters. The second-order valence-electron chi connectivity index (χ2n) is 2.54. The van der Waals surface area contributed by atoms with Crippen LogP contribution in [-0.2, 0) is 4.84 Å². The second-order valence-corrected chi connectivity index (χ2v) is 3.38. The number of hydrogen-bond donors (Lipinski definition) is 1. The average molecular weight is 244 g/mol. The zero-order valence-electron chi connectivity index (χ0n) is 7.58. The predicted molar refractivity (Wildman–Crippen MR) is 60.5 cm³/mol. The fourth-order valence-electron chi connectivity index (χ4n) is 0.853. The Morgan fingerprint density at radius 2 is 2.27 bits per heavy atom. The number of oxime groups is 1. The molecule has 1 aromatic carbocycles. The molecule has 0 aliphatic carbocycles. The highest BCUT2D eigenvalue weighted by molar-refractivity contribution is 6.36. The normalized spacial score (nSPS) is 10.2. The number of terminal acetylenes is 1. The van der Waals surface area contributed by atoms with E-state index in [0.29, 0.717) is 10.6 Å². The van der Waals surface area contributed by atoms with Crippen LogP contribution >= 0.6 is 23.2 Å². The lowest BCUT2D eigenvalue weighted by Gasteiger charge is -2.01. The second kappa shape index (κ2) is 5.50. The number of hydrogen-bond acceptors (Lipinski definition) is 3. The fourth-order valence-corrected chi connectivity index (χ4v) is 1.36. The molecule has 0 spiro atoms. The number of aromatic hydroxyl groups is 1. The van der Waals surface area contributed by atoms with Crippen LogP contribution in [0.1, 0.15) is 5.56 Å². The molecule has 0 aliphatic rings. The van der Waals surface area contributed by atoms with Gasteiger partial charge in [0.1, 0.15) is 5.75 Å². The molecule has 0 amide bonds. The summed E-state index contributed by atoms with van der Waals surface area (Å²) in [4.78, 5) is 4.66. The first-order valence-electron chi connectivity index (χ1n) is 3.92. The summed E-state index contributed by atoms with van der Waals surface area (Å²) in [6.45, 7) is 0.0611. The summed E-state index contributed by atoms with van der Waals surface area (Å²) in [7, 11) is 0. The van der Waals surface area contributed by atoms with Crippen molar-refractivity contribution in [3.8, 4) is 18.1 Å². The lowest BCUT2D eigenvalue weighted by Crippen LogP contribution is -1.87. The highest BCUT2D eigenvalue weighted by atomic mass is 35.5. The fraction of sp³-hybridized carbons (Fsp3) is 0.100. The van der Waals surface area contributed by atoms with E-state index in [0.717, 1.165) is 0 Å². The van der Waals surface area contributed by atoms with Gasteiger partial charge in [-0.1, -0.05) is 34.3 Å². The van der Waals surface area contributed by atoms with Gasteiger partial charge < -0.3 is 9.94 Å². The molecule has 1 rings (SSSR count). The molecule has 15 heavy (non-hydrogen) atoms. The summed E-state index contributed by atoms with van der Waals surface area (Å²) in [6.07, 6.45) is 6.23. The molecule has 0 aliphatic heterocycles. The molecule has 0 fully saturated rings. The van der Waals surface area contributed by atoms with Crippen LogP contribution in [0.3, 0.4) is 0 Å². The van der Waals surface area contributed by atoms with Crippen LogP contribution in [0.4, 0.5) is 0 Å². The van der Waals surface area contributed by atoms with Crippen molar-refractivity contribution in [3.63, 3.8) is 0 Å². The number of phenols is 1. The van der Waals surface area contributed by atoms with Gasteiger partial charge in [-0.3, -0.25) is 0 Å². The minimum atomic E-state index is -0.103. The van der Waals surface area contributed by atoms with Crippen molar-refractivity contribution in [2.75, 3.05) is 6.61 Å². The molecule has 0 aromatic heterocycles. The van der Waals surface area contributed by atoms with E-state index in [1.807, 2.05) is 0 Å². The van der Waals surface area contributed by atoms with E-state index in [9.17, 15) is 5.11 Å². The first kappa shape index (κ1) is 11.7. The molecule has 0 saturated heterocycles. The largest absolute Gasteiger partial charge is 0.506 e. The van der Waals surface area contributed by atoms with E-state index >= 15 is 0 Å². The van der Waals surface area contributed by atoms with Crippen LogP contribution in [0.15, 0.2) is 17.3 Å². The minimum absolute atomic E-state index is 0.0611. The summed E-state index contributed by atoms with van der Waals surface area (Å²) in [5, 5.41) is 13.6. The van der Waals surface area contributed by atoms with Crippen LogP contribution < -0.4 is 0 Å². The van der Waals surface area contributed by atoms with Crippen molar-refractivity contribution in [3.05, 3.63) is 27.7 Å². The maximum Gasteiger partial charge on any atom is 0.177 e. The highest BCUT2D eigenvalue weighted by Gasteiger charge is 2.05. The standard InChI is InChI=1S/C10H7Cl2NO2/c1-2-3-15-13-6-7-4-8(11)5-9(12)10(7)14/h1,4-6,14H,3H2/b13-6+. The van der Waals surface area contributed by atoms with Gasteiger partial charge in [0.15, 0.2) is 6.61 Å². The molecule has 0 radical (unpaired) electrons. The van der Waals surface area contributed by atoms with Gasteiger partial charge in [-0.2, -0.15) is 0 Å². The lowest BCUT2D eigenvalue weighted by atomic mass is 10.2. The third kappa shape index (κ3) is 3.35. The quantitative estimate of drug-likeness (QED) is 0.384. The minimum Gasteiger partial charge on any atom is -0.506 e. The van der Waals surface area contributed by atoms with Crippen molar-refractivity contribution >= 4 is 29.4 Å². The van der Waals surface area contributed by atoms with Crippen LogP contribution in [-0.4, -0.2) is 17.9 Å². The van der Waals surface area contributed by atoms with Crippen molar-refractivity contribution in [1.29, 1.82) is 0 Å². The Morgan fingerprint density at radius 1 is 1.53 bits per heavy atom. The van der Waals surface area contributed by atoms with E-state index in [2.05, 4.69) is 15.9 Å². The Bertz CT molecular complexity index is 424. The van der Waals surface area contributed by atoms with Gasteiger partial charge >= 0.3 is 0 Å². The van der Waals surface area contributed by atoms with Crippen LogP contribution in [0.25, 0.3) is 0 Å². The Balaban J connectivity index is 2.86. The summed E-state index contributed by atoms with van der Waals surface area (Å²) < 4.78 is 0. The molecule has 3 nitrogen and oxygen atoms in total. The van der Waals surface area contributed by atoms with Gasteiger partial charge in [-0.15, -0.1) is 6.42 Å². The molecule has 0 saturated carbocycles. The van der Waals surface area contributed by atoms with Crippen LogP contribution in [0, 0.1) is 12.3 Å². The van der Waals surface area contributed by atoms with E-state index < -0.39 is 0 Å². The van der Waals surface area contributed by atoms with Gasteiger partial charge in [0.2, 0.25) is 0 Å². The molecular weight excluding hydrogens is 237 g/mol. The van der Waals surface area contributed by atoms with Crippen LogP contribution in [0.5, 0.6) is 5.75 Å². The third-order valence-corrected chi connectivity index (χ3v) is 1.98. The molecule has 1 N–H and O–H groups in total. The summed E-state index contributed by atoms with van der Waals surface area (Å²) >= 11 is 11.4. The van der Waals surface area contributed by atoms with Gasteiger partial charge in [0.05, 0.1) is 11.2 Å². The van der Waals surface area contributed by atoms with E-state index in [-0.39, 0.29) is 17.4 Å². The van der Waals surface area contributed by atoms with E-state index in [1.54, 1.807) is 0 Å². The number of nitrogens with zero attached hydrogens (tertiary/aromatic N) is 1. The van der Waals surface area contributed by atoms with Crippen molar-refractivity contribution in [2.45, 2.75) is 0 Å². The maximum atomic E-state index is 9.50. The van der Waals surface area contributed by atoms with Crippen molar-refractivity contribution < 1.29 is 9.94 Å². The first-order valence-corrected chi connectivity index (χ1v) is 4.67. The molecule has 0 heterocycles. The number of rotatable bonds is 3. The topological polar surface area (TPSA) is 41.8 Å². The van der Waals surface area contributed by atoms with Gasteiger partial charge in [-0.25, -0.2) is 0 Å². The Morgan fingerprint density at radius 3 is 2.93 bits per heavy atom. The van der Waals surface area contributed by atoms with E-state index in [1.165, 1.54) is 18.3 Å². The monoisotopic (exact) mass is 243 g/mol. The number of halogens is 2. The van der Waals surface area contributed by atoms with Crippen LogP contribution in [0.2, 0.25) is 10.0 Å². The van der Waals surface area contributed by atoms with Gasteiger partial charge in [-0.05, 0) is 12.1 Å². The average Bonchev–Trinajstić information content (AvgIpc) is 2.19. The van der Waals surface area contributed by atoms with Gasteiger partial charge in [0, 0.05) is 10.6 Å². The molecular formula is C10H7Cl2NO2. The first-order chi connectivity index (χ1) is 7.15. The number of benzene rings is 1. The SMILES string of the molecule is C#CCO/N=C/c1cc(Cl)cc(Cl)c1O. The molecule has 0 bridgehead atoms. The maximum absolute atomic E-state index is 9.50. The summed E-state index contributed by atoms with van der Waals surface area (Å²) in [5.74, 6) is 2.14. The predicted octanol–water partition coefficient (Wildman–Crippen LogP) is 2.68. The zero-order chi connectivity index (χ0) is 11.3.